The van der Waals surface area contributed by atoms with Crippen molar-refractivity contribution in [2.24, 2.45) is 0 Å². The quantitative estimate of drug-likeness (QED) is 0.128. The summed E-state index contributed by atoms with van der Waals surface area (Å²) in [5.74, 6) is 0. The maximum absolute atomic E-state index is 10.6. The van der Waals surface area contributed by atoms with Crippen LogP contribution in [0.4, 0.5) is 34.1 Å². The first kappa shape index (κ1) is 55.9. The number of nitrogens with zero attached hydrogens (tertiary/aromatic N) is 4. The lowest BCUT2D eigenvalue weighted by Crippen LogP contribution is -2.61. The molecular formula is C97H79BN4. The predicted octanol–water partition coefficient (Wildman–Crippen LogP) is 24.3. The molecule has 0 saturated carbocycles. The molecule has 0 atom stereocenters. The molecule has 14 aromatic carbocycles. The van der Waals surface area contributed by atoms with Gasteiger partial charge in [0.25, 0.3) is 6.71 Å². The van der Waals surface area contributed by atoms with Crippen LogP contribution < -0.4 is 26.2 Å². The zero-order valence-corrected chi connectivity index (χ0v) is 58.8. The molecule has 0 saturated heterocycles. The van der Waals surface area contributed by atoms with Crippen molar-refractivity contribution >= 4 is 79.0 Å². The summed E-state index contributed by atoms with van der Waals surface area (Å²) in [6.45, 7) is 19.9. The Morgan fingerprint density at radius 3 is 1.24 bits per heavy atom. The number of benzene rings is 14. The van der Waals surface area contributed by atoms with E-state index in [2.05, 4.69) is 333 Å². The van der Waals surface area contributed by atoms with Gasteiger partial charge < -0.3 is 14.4 Å². The first-order chi connectivity index (χ1) is 52.3. The lowest BCUT2D eigenvalue weighted by Gasteiger charge is -2.46. The molecule has 0 spiro atoms. The van der Waals surface area contributed by atoms with E-state index in [4.69, 9.17) is 1.37 Å². The molecule has 15 aromatic rings. The topological polar surface area (TPSA) is 35.2 Å². The number of hydrogen-bond donors (Lipinski definition) is 0. The first-order valence-electron chi connectivity index (χ1n) is 38.7. The van der Waals surface area contributed by atoms with Crippen LogP contribution in [0.1, 0.15) is 94.2 Å². The Morgan fingerprint density at radius 1 is 0.324 bits per heavy atom. The molecule has 2 aliphatic heterocycles. The third kappa shape index (κ3) is 11.2. The van der Waals surface area contributed by atoms with Crippen molar-refractivity contribution in [3.63, 3.8) is 0 Å². The van der Waals surface area contributed by atoms with Gasteiger partial charge >= 0.3 is 0 Å². The Hall–Kier alpha value is -12.0. The van der Waals surface area contributed by atoms with E-state index in [1.165, 1.54) is 5.56 Å². The van der Waals surface area contributed by atoms with E-state index in [1.807, 2.05) is 18.2 Å². The Bertz CT molecular complexity index is 6190. The van der Waals surface area contributed by atoms with Crippen molar-refractivity contribution in [1.29, 1.82) is 5.26 Å². The van der Waals surface area contributed by atoms with Crippen molar-refractivity contribution < 1.29 is 9.60 Å². The lowest BCUT2D eigenvalue weighted by molar-refractivity contribution is 0.590. The molecule has 0 bridgehead atoms. The highest BCUT2D eigenvalue weighted by molar-refractivity contribution is 7.00. The van der Waals surface area contributed by atoms with Crippen LogP contribution in [0.15, 0.2) is 315 Å². The highest BCUT2D eigenvalue weighted by Crippen LogP contribution is 2.52. The van der Waals surface area contributed by atoms with Gasteiger partial charge in [0.2, 0.25) is 0 Å². The summed E-state index contributed by atoms with van der Waals surface area (Å²) >= 11 is 0. The number of para-hydroxylation sites is 1. The minimum atomic E-state index is -0.511. The molecule has 17 rings (SSSR count). The molecule has 0 N–H and O–H groups in total. The van der Waals surface area contributed by atoms with Crippen LogP contribution in [0.3, 0.4) is 0 Å². The van der Waals surface area contributed by atoms with Gasteiger partial charge in [0, 0.05) is 50.3 Å². The highest BCUT2D eigenvalue weighted by atomic mass is 15.2. The number of nitriles is 1. The molecule has 490 valence electrons. The second-order valence-electron chi connectivity index (χ2n) is 30.3. The number of rotatable bonds is 10. The maximum atomic E-state index is 10.6. The van der Waals surface area contributed by atoms with Crippen molar-refractivity contribution in [2.75, 3.05) is 9.80 Å². The molecule has 0 amide bonds. The van der Waals surface area contributed by atoms with Crippen LogP contribution in [0.25, 0.3) is 105 Å². The summed E-state index contributed by atoms with van der Waals surface area (Å²) in [5.41, 5.74) is 26.2. The van der Waals surface area contributed by atoms with Crippen LogP contribution in [-0.4, -0.2) is 11.3 Å². The van der Waals surface area contributed by atoms with Crippen LogP contribution >= 0.6 is 0 Å². The minimum Gasteiger partial charge on any atom is -0.311 e. The molecule has 1 aromatic heterocycles. The lowest BCUT2D eigenvalue weighted by atomic mass is 9.33. The smallest absolute Gasteiger partial charge is 0.252 e. The second kappa shape index (κ2) is 24.7. The van der Waals surface area contributed by atoms with Gasteiger partial charge in [0.05, 0.1) is 43.6 Å². The Balaban J connectivity index is 1.02. The van der Waals surface area contributed by atoms with Crippen molar-refractivity contribution in [2.45, 2.75) is 78.6 Å². The summed E-state index contributed by atoms with van der Waals surface area (Å²) in [5, 5.41) is 10.6. The normalized spacial score (nSPS) is 13.6. The summed E-state index contributed by atoms with van der Waals surface area (Å²) in [4.78, 5) is 4.94. The van der Waals surface area contributed by atoms with E-state index in [0.29, 0.717) is 5.69 Å². The van der Waals surface area contributed by atoms with Crippen molar-refractivity contribution in [3.05, 3.63) is 338 Å². The Morgan fingerprint density at radius 2 is 0.745 bits per heavy atom. The zero-order chi connectivity index (χ0) is 75.9. The van der Waals surface area contributed by atoms with Gasteiger partial charge in [-0.15, -0.1) is 0 Å². The van der Waals surface area contributed by atoms with E-state index >= 15 is 0 Å². The maximum Gasteiger partial charge on any atom is 0.252 e. The van der Waals surface area contributed by atoms with Crippen LogP contribution in [0.2, 0.25) is 0 Å². The van der Waals surface area contributed by atoms with Gasteiger partial charge in [-0.1, -0.05) is 281 Å². The van der Waals surface area contributed by atoms with Gasteiger partial charge in [-0.05, 0) is 213 Å². The summed E-state index contributed by atoms with van der Waals surface area (Å²) in [7, 11) is 0. The fraction of sp³-hybridized carbons (Fsp3) is 0.124. The van der Waals surface area contributed by atoms with Gasteiger partial charge in [-0.2, -0.15) is 5.26 Å². The van der Waals surface area contributed by atoms with Crippen LogP contribution in [-0.2, 0) is 16.2 Å². The van der Waals surface area contributed by atoms with E-state index in [1.54, 1.807) is 4.57 Å². The van der Waals surface area contributed by atoms with E-state index < -0.39 is 36.3 Å². The molecule has 0 aliphatic carbocycles. The van der Waals surface area contributed by atoms with E-state index in [-0.39, 0.29) is 56.3 Å². The zero-order valence-electron chi connectivity index (χ0n) is 65.8. The largest absolute Gasteiger partial charge is 0.311 e. The van der Waals surface area contributed by atoms with E-state index in [0.717, 1.165) is 140 Å². The Labute approximate surface area is 610 Å². The van der Waals surface area contributed by atoms with Crippen LogP contribution in [0, 0.1) is 11.3 Å². The van der Waals surface area contributed by atoms with Gasteiger partial charge in [-0.25, -0.2) is 0 Å². The third-order valence-corrected chi connectivity index (χ3v) is 20.7. The average Bonchev–Trinajstić information content (AvgIpc) is 1.62. The SMILES string of the molecule is [2H]c1c([2H])c([2H])c2c(c1[2H])c1c([2H])c(C#N)c([2H])c([2H])c1n2-c1ccc2c(c1)N(c1ccc(C(C)(C)C)cc1-c1ccc(-c3ccccc3)cc1)c1cc(C(C)(C)C)cc3c1B2c1cc(-c2cc(-c4ccccc4)cc(-c4ccccc4)c2)ccc1N3c1ccc(C(C)(C)C)cc1-c1ccc(-c2ccccc2)cc1. The first-order valence-corrected chi connectivity index (χ1v) is 35.2. The average molecular weight is 1320 g/mol. The second-order valence-corrected chi connectivity index (χ2v) is 30.3. The third-order valence-electron chi connectivity index (χ3n) is 20.7. The standard InChI is InChI=1S/C97H79BN4/c1-95(2,3)76-44-50-87(81(57-76)70-39-35-68(36-40-70)64-24-14-10-15-25-64)101-90-49-43-72(75-54-73(66-28-18-12-19-29-66)53-74(55-75)67-30-20-13-21-31-67)56-85(90)98-84-47-46-79(100-86-33-23-22-32-80(86)83-52-63(62-99)34-48-89(83)100)61-91(84)102(93-60-78(97(7,8)9)59-92(101)94(93)98)88-51-45-77(96(4,5)6)58-82(88)71-41-37-69(38-42-71)65-26-16-11-17-27-65/h10-61H,1-9H3/i22D,23D,32D,33D,34D,48D,52D. The fourth-order valence-corrected chi connectivity index (χ4v) is 15.3. The monoisotopic (exact) mass is 1320 g/mol. The summed E-state index contributed by atoms with van der Waals surface area (Å²) < 4.78 is 68.2. The molecule has 0 radical (unpaired) electrons. The summed E-state index contributed by atoms with van der Waals surface area (Å²) in [6.07, 6.45) is 0. The number of aromatic nitrogens is 1. The van der Waals surface area contributed by atoms with Gasteiger partial charge in [0.1, 0.15) is 0 Å². The predicted molar refractivity (Wildman–Crippen MR) is 434 cm³/mol. The molecule has 2 aliphatic rings. The fourth-order valence-electron chi connectivity index (χ4n) is 15.3. The molecule has 4 nitrogen and oxygen atoms in total. The Kier molecular flexibility index (Phi) is 13.5. The molecule has 5 heteroatoms. The van der Waals surface area contributed by atoms with Crippen LogP contribution in [0.5, 0.6) is 0 Å². The number of hydrogen-bond acceptors (Lipinski definition) is 3. The summed E-state index contributed by atoms with van der Waals surface area (Å²) in [6, 6.07) is 97.7. The van der Waals surface area contributed by atoms with E-state index in [9.17, 15) is 13.5 Å². The number of fused-ring (bicyclic) bond motifs is 7. The molecule has 3 heterocycles. The van der Waals surface area contributed by atoms with Gasteiger partial charge in [0.15, 0.2) is 0 Å². The molecule has 102 heavy (non-hydrogen) atoms. The number of anilines is 6. The molecular weight excluding hydrogens is 1230 g/mol. The molecule has 0 unspecified atom stereocenters. The minimum absolute atomic E-state index is 0.000520. The van der Waals surface area contributed by atoms with Crippen molar-refractivity contribution in [3.8, 4) is 89.6 Å². The van der Waals surface area contributed by atoms with Gasteiger partial charge in [-0.3, -0.25) is 0 Å². The highest BCUT2D eigenvalue weighted by Gasteiger charge is 2.46. The van der Waals surface area contributed by atoms with Crippen molar-refractivity contribution in [1.82, 2.24) is 4.57 Å². The molecule has 0 fully saturated rings.